The van der Waals surface area contributed by atoms with Crippen molar-refractivity contribution < 1.29 is 4.79 Å². The number of thioether (sulfide) groups is 1. The highest BCUT2D eigenvalue weighted by Crippen LogP contribution is 2.17. The average Bonchev–Trinajstić information content (AvgIpc) is 2.01. The molecule has 82 valence electrons. The molecule has 0 saturated heterocycles. The number of allylic oxidation sites excluding steroid dienone is 1. The molecule has 0 heterocycles. The van der Waals surface area contributed by atoms with E-state index in [1.54, 1.807) is 11.8 Å². The summed E-state index contributed by atoms with van der Waals surface area (Å²) in [7, 11) is 0. The van der Waals surface area contributed by atoms with E-state index in [-0.39, 0.29) is 11.9 Å². The summed E-state index contributed by atoms with van der Waals surface area (Å²) in [4.78, 5) is 12.5. The zero-order valence-electron chi connectivity index (χ0n) is 9.76. The molecule has 2 nitrogen and oxygen atoms in total. The molecule has 0 saturated carbocycles. The number of nitrogens with one attached hydrogen (secondary N) is 1. The Morgan fingerprint density at radius 1 is 1.36 bits per heavy atom. The normalized spacial score (nSPS) is 12.4. The second-order valence-corrected chi connectivity index (χ2v) is 5.14. The summed E-state index contributed by atoms with van der Waals surface area (Å²) < 4.78 is 0. The fraction of sp³-hybridized carbons (Fsp3) is 0.727. The lowest BCUT2D eigenvalue weighted by atomic mass is 10.2. The van der Waals surface area contributed by atoms with Gasteiger partial charge in [0.25, 0.3) is 5.91 Å². The Morgan fingerprint density at radius 3 is 2.29 bits per heavy atom. The van der Waals surface area contributed by atoms with Gasteiger partial charge in [0.15, 0.2) is 0 Å². The highest BCUT2D eigenvalue weighted by molar-refractivity contribution is 8.03. The minimum atomic E-state index is 0.0561. The van der Waals surface area contributed by atoms with Crippen LogP contribution < -0.4 is 5.32 Å². The van der Waals surface area contributed by atoms with Gasteiger partial charge in [0.05, 0.1) is 4.91 Å². The lowest BCUT2D eigenvalue weighted by Gasteiger charge is -2.11. The van der Waals surface area contributed by atoms with E-state index >= 15 is 0 Å². The smallest absolute Gasteiger partial charge is 0.257 e. The predicted molar refractivity (Wildman–Crippen MR) is 64.3 cm³/mol. The standard InChI is InChI=1S/C11H21NOS/c1-6-14-10(7-8(2)3)11(13)12-9(4)5/h7-9H,6H2,1-5H3,(H,12,13)/b10-7-. The largest absolute Gasteiger partial charge is 0.349 e. The highest BCUT2D eigenvalue weighted by atomic mass is 32.2. The molecule has 0 spiro atoms. The fourth-order valence-electron chi connectivity index (χ4n) is 0.981. The molecular formula is C11H21NOS. The molecule has 0 fully saturated rings. The van der Waals surface area contributed by atoms with Crippen molar-refractivity contribution in [3.05, 3.63) is 11.0 Å². The van der Waals surface area contributed by atoms with Gasteiger partial charge in [-0.15, -0.1) is 11.8 Å². The molecule has 0 bridgehead atoms. The molecule has 1 amide bonds. The van der Waals surface area contributed by atoms with Crippen molar-refractivity contribution in [2.75, 3.05) is 5.75 Å². The van der Waals surface area contributed by atoms with E-state index in [4.69, 9.17) is 0 Å². The third-order valence-corrected chi connectivity index (χ3v) is 2.35. The molecule has 14 heavy (non-hydrogen) atoms. The lowest BCUT2D eigenvalue weighted by molar-refractivity contribution is -0.117. The van der Waals surface area contributed by atoms with Gasteiger partial charge in [0, 0.05) is 6.04 Å². The van der Waals surface area contributed by atoms with E-state index in [2.05, 4.69) is 26.1 Å². The third kappa shape index (κ3) is 6.08. The first-order valence-electron chi connectivity index (χ1n) is 5.12. The molecule has 0 radical (unpaired) electrons. The molecule has 0 aliphatic rings. The number of hydrogen-bond donors (Lipinski definition) is 1. The van der Waals surface area contributed by atoms with Crippen LogP contribution in [0.1, 0.15) is 34.6 Å². The summed E-state index contributed by atoms with van der Waals surface area (Å²) in [5, 5.41) is 2.90. The summed E-state index contributed by atoms with van der Waals surface area (Å²) in [5.41, 5.74) is 0. The average molecular weight is 215 g/mol. The van der Waals surface area contributed by atoms with Crippen molar-refractivity contribution in [3.8, 4) is 0 Å². The van der Waals surface area contributed by atoms with Gasteiger partial charge in [-0.1, -0.05) is 26.8 Å². The first-order valence-corrected chi connectivity index (χ1v) is 6.11. The topological polar surface area (TPSA) is 29.1 Å². The molecular weight excluding hydrogens is 194 g/mol. The van der Waals surface area contributed by atoms with Gasteiger partial charge < -0.3 is 5.32 Å². The fourth-order valence-corrected chi connectivity index (χ4v) is 1.85. The van der Waals surface area contributed by atoms with Crippen LogP contribution in [0, 0.1) is 5.92 Å². The van der Waals surface area contributed by atoms with Crippen LogP contribution in [0.25, 0.3) is 0 Å². The van der Waals surface area contributed by atoms with Crippen LogP contribution in [0.5, 0.6) is 0 Å². The van der Waals surface area contributed by atoms with Gasteiger partial charge in [-0.3, -0.25) is 4.79 Å². The summed E-state index contributed by atoms with van der Waals surface area (Å²) in [6.45, 7) is 10.2. The second-order valence-electron chi connectivity index (χ2n) is 3.84. The molecule has 1 N–H and O–H groups in total. The van der Waals surface area contributed by atoms with Crippen LogP contribution in [0.3, 0.4) is 0 Å². The van der Waals surface area contributed by atoms with Crippen LogP contribution in [-0.2, 0) is 4.79 Å². The molecule has 0 aromatic rings. The van der Waals surface area contributed by atoms with Crippen molar-refractivity contribution in [3.63, 3.8) is 0 Å². The summed E-state index contributed by atoms with van der Waals surface area (Å²) in [6.07, 6.45) is 2.02. The Balaban J connectivity index is 4.41. The van der Waals surface area contributed by atoms with Crippen LogP contribution in [0.2, 0.25) is 0 Å². The first kappa shape index (κ1) is 13.6. The maximum atomic E-state index is 11.7. The zero-order valence-corrected chi connectivity index (χ0v) is 10.6. The second kappa shape index (κ2) is 6.93. The van der Waals surface area contributed by atoms with Gasteiger partial charge in [-0.2, -0.15) is 0 Å². The van der Waals surface area contributed by atoms with Gasteiger partial charge >= 0.3 is 0 Å². The summed E-state index contributed by atoms with van der Waals surface area (Å²) in [5.74, 6) is 1.41. The summed E-state index contributed by atoms with van der Waals surface area (Å²) >= 11 is 1.60. The van der Waals surface area contributed by atoms with Crippen LogP contribution in [-0.4, -0.2) is 17.7 Å². The number of carbonyl (C=O) groups is 1. The maximum Gasteiger partial charge on any atom is 0.257 e. The van der Waals surface area contributed by atoms with Crippen molar-refractivity contribution in [2.45, 2.75) is 40.7 Å². The Morgan fingerprint density at radius 2 is 1.93 bits per heavy atom. The van der Waals surface area contributed by atoms with Crippen molar-refractivity contribution in [1.29, 1.82) is 0 Å². The molecule has 0 unspecified atom stereocenters. The zero-order chi connectivity index (χ0) is 11.1. The predicted octanol–water partition coefficient (Wildman–Crippen LogP) is 2.80. The van der Waals surface area contributed by atoms with E-state index in [0.717, 1.165) is 10.7 Å². The minimum Gasteiger partial charge on any atom is -0.349 e. The van der Waals surface area contributed by atoms with Crippen LogP contribution in [0.15, 0.2) is 11.0 Å². The summed E-state index contributed by atoms with van der Waals surface area (Å²) in [6, 6.07) is 0.204. The number of amides is 1. The Kier molecular flexibility index (Phi) is 6.71. The van der Waals surface area contributed by atoms with Gasteiger partial charge in [0.2, 0.25) is 0 Å². The van der Waals surface area contributed by atoms with E-state index in [1.807, 2.05) is 19.9 Å². The molecule has 0 atom stereocenters. The number of rotatable bonds is 5. The van der Waals surface area contributed by atoms with Crippen LogP contribution >= 0.6 is 11.8 Å². The molecule has 0 aromatic carbocycles. The Bertz CT molecular complexity index is 209. The quantitative estimate of drug-likeness (QED) is 0.715. The SMILES string of the molecule is CCS/C(=C\C(C)C)C(=O)NC(C)C. The molecule has 0 aliphatic heterocycles. The van der Waals surface area contributed by atoms with E-state index < -0.39 is 0 Å². The highest BCUT2D eigenvalue weighted by Gasteiger charge is 2.10. The van der Waals surface area contributed by atoms with Gasteiger partial charge in [-0.25, -0.2) is 0 Å². The van der Waals surface area contributed by atoms with E-state index in [9.17, 15) is 4.79 Å². The minimum absolute atomic E-state index is 0.0561. The monoisotopic (exact) mass is 215 g/mol. The van der Waals surface area contributed by atoms with E-state index in [1.165, 1.54) is 0 Å². The molecule has 0 aromatic heterocycles. The van der Waals surface area contributed by atoms with Gasteiger partial charge in [0.1, 0.15) is 0 Å². The maximum absolute atomic E-state index is 11.7. The molecule has 3 heteroatoms. The third-order valence-electron chi connectivity index (χ3n) is 1.43. The Hall–Kier alpha value is -0.440. The first-order chi connectivity index (χ1) is 6.47. The number of hydrogen-bond acceptors (Lipinski definition) is 2. The van der Waals surface area contributed by atoms with Crippen molar-refractivity contribution in [1.82, 2.24) is 5.32 Å². The van der Waals surface area contributed by atoms with E-state index in [0.29, 0.717) is 5.92 Å². The van der Waals surface area contributed by atoms with Crippen LogP contribution in [0.4, 0.5) is 0 Å². The molecule has 0 rings (SSSR count). The van der Waals surface area contributed by atoms with Gasteiger partial charge in [-0.05, 0) is 25.5 Å². The Labute approximate surface area is 91.5 Å². The lowest BCUT2D eigenvalue weighted by Crippen LogP contribution is -2.30. The van der Waals surface area contributed by atoms with Crippen molar-refractivity contribution in [2.24, 2.45) is 5.92 Å². The van der Waals surface area contributed by atoms with Crippen molar-refractivity contribution >= 4 is 17.7 Å². The number of carbonyl (C=O) groups excluding carboxylic acids is 1. The molecule has 0 aliphatic carbocycles.